The number of hydrogen-bond acceptors (Lipinski definition) is 4. The predicted octanol–water partition coefficient (Wildman–Crippen LogP) is 3.25. The molecule has 0 N–H and O–H groups in total. The van der Waals surface area contributed by atoms with Crippen LogP contribution in [0.3, 0.4) is 0 Å². The minimum atomic E-state index is -2.96. The monoisotopic (exact) mass is 376 g/mol. The van der Waals surface area contributed by atoms with Crippen molar-refractivity contribution < 1.29 is 23.0 Å². The molecule has 1 aliphatic heterocycles. The molecule has 0 radical (unpaired) electrons. The molecule has 0 aromatic heterocycles. The molecule has 2 aromatic carbocycles. The molecular formula is C20H22F2N2O3. The maximum atomic E-state index is 12.7. The molecule has 0 aliphatic carbocycles. The van der Waals surface area contributed by atoms with Gasteiger partial charge in [0.25, 0.3) is 5.91 Å². The van der Waals surface area contributed by atoms with Crippen LogP contribution in [0.2, 0.25) is 0 Å². The maximum Gasteiger partial charge on any atom is 0.387 e. The Bertz CT molecular complexity index is 777. The van der Waals surface area contributed by atoms with Gasteiger partial charge in [-0.05, 0) is 29.8 Å². The Labute approximate surface area is 157 Å². The van der Waals surface area contributed by atoms with Crippen LogP contribution >= 0.6 is 0 Å². The van der Waals surface area contributed by atoms with Crippen molar-refractivity contribution in [3.05, 3.63) is 59.7 Å². The molecule has 1 saturated heterocycles. The van der Waals surface area contributed by atoms with Gasteiger partial charge >= 0.3 is 6.61 Å². The number of carbonyl (C=O) groups is 1. The van der Waals surface area contributed by atoms with E-state index < -0.39 is 6.61 Å². The smallest absolute Gasteiger partial charge is 0.387 e. The Morgan fingerprint density at radius 1 is 1.07 bits per heavy atom. The van der Waals surface area contributed by atoms with Gasteiger partial charge in [-0.2, -0.15) is 8.78 Å². The summed E-state index contributed by atoms with van der Waals surface area (Å²) in [6, 6.07) is 14.0. The summed E-state index contributed by atoms with van der Waals surface area (Å²) in [5, 5.41) is 0. The van der Waals surface area contributed by atoms with E-state index in [4.69, 9.17) is 4.74 Å². The van der Waals surface area contributed by atoms with Crippen molar-refractivity contribution in [3.8, 4) is 11.5 Å². The zero-order chi connectivity index (χ0) is 19.2. The molecule has 5 nitrogen and oxygen atoms in total. The Morgan fingerprint density at radius 2 is 1.81 bits per heavy atom. The largest absolute Gasteiger partial charge is 0.497 e. The number of halogens is 2. The van der Waals surface area contributed by atoms with Gasteiger partial charge in [0.2, 0.25) is 0 Å². The highest BCUT2D eigenvalue weighted by atomic mass is 19.3. The number of benzene rings is 2. The van der Waals surface area contributed by atoms with Crippen LogP contribution in [0.1, 0.15) is 15.9 Å². The van der Waals surface area contributed by atoms with E-state index in [2.05, 4.69) is 9.64 Å². The van der Waals surface area contributed by atoms with Crippen LogP contribution < -0.4 is 9.47 Å². The summed E-state index contributed by atoms with van der Waals surface area (Å²) in [5.41, 5.74) is 1.31. The SMILES string of the molecule is COc1cccc(CN2CCN(C(=O)c3ccccc3OC(F)F)CC2)c1. The molecule has 1 aliphatic rings. The van der Waals surface area contributed by atoms with Crippen molar-refractivity contribution in [1.82, 2.24) is 9.80 Å². The standard InChI is InChI=1S/C20H22F2N2O3/c1-26-16-6-4-5-15(13-16)14-23-9-11-24(12-10-23)19(25)17-7-2-3-8-18(17)27-20(21)22/h2-8,13,20H,9-12,14H2,1H3. The normalized spacial score (nSPS) is 15.0. The van der Waals surface area contributed by atoms with Gasteiger partial charge in [0.15, 0.2) is 0 Å². The number of carbonyl (C=O) groups excluding carboxylic acids is 1. The van der Waals surface area contributed by atoms with Gasteiger partial charge in [-0.1, -0.05) is 24.3 Å². The molecule has 1 heterocycles. The Morgan fingerprint density at radius 3 is 2.52 bits per heavy atom. The Balaban J connectivity index is 1.60. The molecule has 1 fully saturated rings. The van der Waals surface area contributed by atoms with Crippen molar-refractivity contribution in [3.63, 3.8) is 0 Å². The summed E-state index contributed by atoms with van der Waals surface area (Å²) >= 11 is 0. The third-order valence-corrected chi connectivity index (χ3v) is 4.53. The zero-order valence-corrected chi connectivity index (χ0v) is 15.1. The highest BCUT2D eigenvalue weighted by Gasteiger charge is 2.25. The zero-order valence-electron chi connectivity index (χ0n) is 15.1. The lowest BCUT2D eigenvalue weighted by Gasteiger charge is -2.35. The van der Waals surface area contributed by atoms with E-state index in [1.54, 1.807) is 24.1 Å². The van der Waals surface area contributed by atoms with Gasteiger partial charge in [0, 0.05) is 32.7 Å². The van der Waals surface area contributed by atoms with Crippen molar-refractivity contribution in [2.45, 2.75) is 13.2 Å². The number of hydrogen-bond donors (Lipinski definition) is 0. The van der Waals surface area contributed by atoms with Crippen LogP contribution in [0.15, 0.2) is 48.5 Å². The number of para-hydroxylation sites is 1. The number of ether oxygens (including phenoxy) is 2. The van der Waals surface area contributed by atoms with E-state index in [1.165, 1.54) is 12.1 Å². The molecular weight excluding hydrogens is 354 g/mol. The van der Waals surface area contributed by atoms with Gasteiger partial charge in [0.05, 0.1) is 12.7 Å². The summed E-state index contributed by atoms with van der Waals surface area (Å²) in [5.74, 6) is 0.445. The number of methoxy groups -OCH3 is 1. The molecule has 3 rings (SSSR count). The maximum absolute atomic E-state index is 12.7. The number of nitrogens with zero attached hydrogens (tertiary/aromatic N) is 2. The summed E-state index contributed by atoms with van der Waals surface area (Å²) < 4.78 is 34.8. The number of alkyl halides is 2. The average Bonchev–Trinajstić information content (AvgIpc) is 2.68. The minimum absolute atomic E-state index is 0.0867. The third-order valence-electron chi connectivity index (χ3n) is 4.53. The first-order valence-electron chi connectivity index (χ1n) is 8.75. The molecule has 1 amide bonds. The Kier molecular flexibility index (Phi) is 6.24. The number of rotatable bonds is 6. The van der Waals surface area contributed by atoms with E-state index in [0.29, 0.717) is 26.2 Å². The summed E-state index contributed by atoms with van der Waals surface area (Å²) in [7, 11) is 1.64. The average molecular weight is 376 g/mol. The van der Waals surface area contributed by atoms with Crippen LogP contribution in [0.4, 0.5) is 8.78 Å². The molecule has 0 saturated carbocycles. The van der Waals surface area contributed by atoms with Crippen LogP contribution in [0, 0.1) is 0 Å². The van der Waals surface area contributed by atoms with E-state index in [0.717, 1.165) is 17.9 Å². The van der Waals surface area contributed by atoms with Crippen LogP contribution in [0.5, 0.6) is 11.5 Å². The summed E-state index contributed by atoms with van der Waals surface area (Å²) in [6.45, 7) is 0.294. The highest BCUT2D eigenvalue weighted by molar-refractivity contribution is 5.97. The molecule has 0 bridgehead atoms. The molecule has 144 valence electrons. The van der Waals surface area contributed by atoms with Crippen LogP contribution in [0.25, 0.3) is 0 Å². The van der Waals surface area contributed by atoms with E-state index in [1.807, 2.05) is 24.3 Å². The first kappa shape index (κ1) is 19.1. The van der Waals surface area contributed by atoms with Gasteiger partial charge in [-0.25, -0.2) is 0 Å². The van der Waals surface area contributed by atoms with Gasteiger partial charge in [-0.15, -0.1) is 0 Å². The topological polar surface area (TPSA) is 42.0 Å². The second kappa shape index (κ2) is 8.81. The van der Waals surface area contributed by atoms with E-state index in [9.17, 15) is 13.6 Å². The third kappa shape index (κ3) is 4.95. The van der Waals surface area contributed by atoms with E-state index in [-0.39, 0.29) is 17.2 Å². The summed E-state index contributed by atoms with van der Waals surface area (Å²) in [6.07, 6.45) is 0. The predicted molar refractivity (Wildman–Crippen MR) is 97.2 cm³/mol. The van der Waals surface area contributed by atoms with Crippen molar-refractivity contribution in [2.75, 3.05) is 33.3 Å². The lowest BCUT2D eigenvalue weighted by atomic mass is 10.1. The quantitative estimate of drug-likeness (QED) is 0.776. The van der Waals surface area contributed by atoms with Crippen LogP contribution in [-0.2, 0) is 6.54 Å². The fourth-order valence-electron chi connectivity index (χ4n) is 3.15. The molecule has 27 heavy (non-hydrogen) atoms. The second-order valence-corrected chi connectivity index (χ2v) is 6.29. The van der Waals surface area contributed by atoms with Gasteiger partial charge in [-0.3, -0.25) is 9.69 Å². The number of piperazine rings is 1. The summed E-state index contributed by atoms with van der Waals surface area (Å²) in [4.78, 5) is 16.6. The molecule has 0 atom stereocenters. The first-order chi connectivity index (χ1) is 13.1. The van der Waals surface area contributed by atoms with Crippen molar-refractivity contribution >= 4 is 5.91 Å². The number of amides is 1. The lowest BCUT2D eigenvalue weighted by Crippen LogP contribution is -2.48. The lowest BCUT2D eigenvalue weighted by molar-refractivity contribution is -0.0503. The van der Waals surface area contributed by atoms with Crippen molar-refractivity contribution in [2.24, 2.45) is 0 Å². The highest BCUT2D eigenvalue weighted by Crippen LogP contribution is 2.23. The molecule has 2 aromatic rings. The van der Waals surface area contributed by atoms with E-state index >= 15 is 0 Å². The molecule has 0 unspecified atom stereocenters. The van der Waals surface area contributed by atoms with Crippen molar-refractivity contribution in [1.29, 1.82) is 0 Å². The molecule has 0 spiro atoms. The van der Waals surface area contributed by atoms with Gasteiger partial charge < -0.3 is 14.4 Å². The first-order valence-corrected chi connectivity index (χ1v) is 8.75. The fraction of sp³-hybridized carbons (Fsp3) is 0.350. The van der Waals surface area contributed by atoms with Gasteiger partial charge in [0.1, 0.15) is 11.5 Å². The minimum Gasteiger partial charge on any atom is -0.497 e. The van der Waals surface area contributed by atoms with Crippen LogP contribution in [-0.4, -0.2) is 55.6 Å². The second-order valence-electron chi connectivity index (χ2n) is 6.29. The fourth-order valence-corrected chi connectivity index (χ4v) is 3.15. The molecule has 7 heteroatoms. The Hall–Kier alpha value is -2.67.